The average molecular weight is 1610 g/mol. The Morgan fingerprint density at radius 3 is 1.23 bits per heavy atom. The first-order chi connectivity index (χ1) is 16.3. The largest absolute Gasteiger partial charge is 0.693 e. The molecule has 0 aliphatic heterocycles. The monoisotopic (exact) mass is 1610 g/mol. The quantitative estimate of drug-likeness (QED) is 0.131. The molecule has 0 aliphatic rings. The molecule has 40 heavy (non-hydrogen) atoms. The van der Waals surface area contributed by atoms with E-state index in [9.17, 15) is 0 Å². The molecule has 0 aromatic carbocycles. The average Bonchev–Trinajstić information content (AvgIpc) is 2.92. The van der Waals surface area contributed by atoms with Gasteiger partial charge in [0.15, 0.2) is 0 Å². The van der Waals surface area contributed by atoms with Crippen LogP contribution in [0.25, 0.3) is 13.3 Å². The summed E-state index contributed by atoms with van der Waals surface area (Å²) < 4.78 is 59.0. The normalized spacial score (nSPS) is 6.97. The molecule has 24 heteroatoms. The number of hydrogen-bond donors (Lipinski definition) is 3. The van der Waals surface area contributed by atoms with Gasteiger partial charge in [-0.25, -0.2) is 0 Å². The van der Waals surface area contributed by atoms with Crippen LogP contribution in [-0.2, 0) is 31.2 Å². The molecule has 11 N–H and O–H groups in total. The van der Waals surface area contributed by atoms with Crippen LogP contribution in [-0.4, -0.2) is 86.8 Å². The van der Waals surface area contributed by atoms with E-state index in [0.717, 1.165) is 12.5 Å². The SMILES string of the molecule is C.C.CCC.CO[SiH](OC)OC.CO[Si](CCCN)(OC)OC.N.P.P.[3H]O.[3H]OC([NH-])=O.[3H]P.[3H]P.[C-]#[O+].[NH2-].[U].[U].[U].[U]. The van der Waals surface area contributed by atoms with Crippen molar-refractivity contribution in [2.75, 3.05) is 49.2 Å². The third-order valence-corrected chi connectivity index (χ3v) is 6.18. The van der Waals surface area contributed by atoms with Crippen molar-refractivity contribution in [3.05, 3.63) is 18.5 Å². The van der Waals surface area contributed by atoms with E-state index in [0.29, 0.717) is 6.54 Å². The molecule has 254 valence electrons. The third-order valence-electron chi connectivity index (χ3n) is 2.20. The summed E-state index contributed by atoms with van der Waals surface area (Å²) in [6.07, 6.45) is 0.798. The maximum absolute atomic E-state index is 9.07. The van der Waals surface area contributed by atoms with E-state index in [1.807, 2.05) is 0 Å². The van der Waals surface area contributed by atoms with Crippen molar-refractivity contribution in [3.63, 3.8) is 0 Å². The number of hydrogen-bond acceptors (Lipinski definition) is 10. The summed E-state index contributed by atoms with van der Waals surface area (Å²) in [5, 5.41) is 3.03. The van der Waals surface area contributed by atoms with Gasteiger partial charge in [0.2, 0.25) is 7.52 Å². The molecule has 0 radical (unpaired) electrons. The van der Waals surface area contributed by atoms with Gasteiger partial charge in [0.1, 0.15) is 0 Å². The first kappa shape index (κ1) is 90.6. The molecule has 0 saturated carbocycles. The molecule has 0 heterocycles. The molecule has 1 amide bonds. The van der Waals surface area contributed by atoms with Crippen molar-refractivity contribution < 1.29 is 172 Å². The minimum absolute atomic E-state index is 0. The summed E-state index contributed by atoms with van der Waals surface area (Å²) in [6.45, 7) is 9.39. The molecule has 0 rings (SSSR count). The fourth-order valence-corrected chi connectivity index (χ4v) is 3.49. The number of amides is 1. The van der Waals surface area contributed by atoms with E-state index < -0.39 is 24.4 Å². The van der Waals surface area contributed by atoms with Gasteiger partial charge in [-0.2, -0.15) is 39.5 Å². The minimum atomic E-state index is -2.32. The van der Waals surface area contributed by atoms with Crippen LogP contribution in [0.4, 0.5) is 4.79 Å². The predicted molar refractivity (Wildman–Crippen MR) is 177 cm³/mol. The Bertz CT molecular complexity index is 358. The second kappa shape index (κ2) is 112. The van der Waals surface area contributed by atoms with Gasteiger partial charge in [0, 0.05) is 173 Å². The molecular weight excluding hydrogens is 1540 g/mol. The number of rotatable bonds is 9. The first-order valence-corrected chi connectivity index (χ1v) is 11.2. The number of nitrogens with one attached hydrogen (secondary N) is 1. The van der Waals surface area contributed by atoms with E-state index in [1.54, 1.807) is 62.3 Å². The fraction of sp³-hybridized carbons (Fsp3) is 0.875. The topological polar surface area (TPSA) is 262 Å². The van der Waals surface area contributed by atoms with Crippen LogP contribution < -0.4 is 11.9 Å². The Labute approximate surface area is 362 Å². The second-order valence-electron chi connectivity index (χ2n) is 4.18. The number of carboxylic acid groups (broad SMARTS) is 1. The van der Waals surface area contributed by atoms with Crippen molar-refractivity contribution in [1.29, 1.82) is 3.99 Å². The van der Waals surface area contributed by atoms with Crippen LogP contribution in [0, 0.1) is 131 Å². The van der Waals surface area contributed by atoms with Crippen molar-refractivity contribution in [2.24, 2.45) is 5.73 Å². The smallest absolute Gasteiger partial charge is 0 e. The van der Waals surface area contributed by atoms with Gasteiger partial charge in [0.05, 0.1) is 2.56 Å². The molecule has 0 bridgehead atoms. The van der Waals surface area contributed by atoms with Crippen LogP contribution in [0.5, 0.6) is 0 Å². The maximum Gasteiger partial charge on any atom is 0 e. The maximum atomic E-state index is 9.07. The van der Waals surface area contributed by atoms with Gasteiger partial charge in [-0.05, 0) is 13.0 Å². The molecule has 0 saturated heterocycles. The fourth-order valence-electron chi connectivity index (χ4n) is 1.16. The number of carbonyl (C=O) groups is 1. The van der Waals surface area contributed by atoms with Gasteiger partial charge in [-0.3, -0.25) is 4.79 Å². The van der Waals surface area contributed by atoms with E-state index in [2.05, 4.69) is 25.6 Å². The van der Waals surface area contributed by atoms with Crippen molar-refractivity contribution in [1.82, 2.24) is 6.15 Å². The Morgan fingerprint density at radius 2 is 1.15 bits per heavy atom. The van der Waals surface area contributed by atoms with Gasteiger partial charge < -0.3 is 60.9 Å². The molecule has 4 atom stereocenters. The minimum Gasteiger partial charge on any atom is -0.693 e. The summed E-state index contributed by atoms with van der Waals surface area (Å²) in [6, 6.07) is 0.785. The number of nitrogens with two attached hydrogens (primary N) is 2. The van der Waals surface area contributed by atoms with Crippen LogP contribution >= 0.6 is 39.5 Å². The molecule has 4 unspecified atom stereocenters. The second-order valence-corrected chi connectivity index (χ2v) is 9.26. The van der Waals surface area contributed by atoms with Gasteiger partial charge >= 0.3 is 29.6 Å². The van der Waals surface area contributed by atoms with Crippen molar-refractivity contribution >= 4 is 63.9 Å². The summed E-state index contributed by atoms with van der Waals surface area (Å²) >= 11 is 0. The summed E-state index contributed by atoms with van der Waals surface area (Å²) in [5.74, 6) is 0. The molecular formula is C16H64N4O10P4Si2U4-2. The Morgan fingerprint density at radius 1 is 0.950 bits per heavy atom. The summed E-state index contributed by atoms with van der Waals surface area (Å²) in [7, 11) is 8.88. The van der Waals surface area contributed by atoms with E-state index in [1.165, 1.54) is 6.42 Å². The molecule has 0 aromatic rings. The van der Waals surface area contributed by atoms with Crippen LogP contribution in [0.15, 0.2) is 0 Å². The van der Waals surface area contributed by atoms with Crippen LogP contribution in [0.1, 0.15) is 43.0 Å². The molecule has 14 nitrogen and oxygen atoms in total. The van der Waals surface area contributed by atoms with Crippen molar-refractivity contribution in [2.45, 2.75) is 47.6 Å². The van der Waals surface area contributed by atoms with E-state index in [-0.39, 0.29) is 171 Å². The Kier molecular flexibility index (Phi) is 253. The zero-order chi connectivity index (χ0) is 29.4. The molecule has 0 aliphatic carbocycles. The molecule has 0 aromatic heterocycles. The van der Waals surface area contributed by atoms with Crippen LogP contribution in [0.3, 0.4) is 0 Å². The van der Waals surface area contributed by atoms with E-state index >= 15 is 0 Å². The third kappa shape index (κ3) is 121. The van der Waals surface area contributed by atoms with Gasteiger partial charge in [-0.1, -0.05) is 35.1 Å². The van der Waals surface area contributed by atoms with Crippen molar-refractivity contribution in [3.8, 4) is 0 Å². The Balaban J connectivity index is -0.0000000116. The van der Waals surface area contributed by atoms with E-state index in [4.69, 9.17) is 58.4 Å². The molecule has 0 fully saturated rings. The van der Waals surface area contributed by atoms with Gasteiger partial charge in [-0.15, -0.1) is 0 Å². The zero-order valence-electron chi connectivity index (χ0n) is 28.0. The first-order valence-electron chi connectivity index (χ1n) is 9.82. The standard InChI is InChI=1S/C6H17NO3Si.C3H10O3Si.C3H8.CH2NO2.CO.2CH4.H3N.H2N.H2O.4H3P.4U/c1-8-11(9-2,10-3)6-4-5-7;1-4-7(5-2)6-3;1-3-2;2-1(3)4;1-2;;;;;;;;;;;;;/h4-7H2,1-3H3;7H,1-3H3;3H2,1-2H3;2H,(H,3,4);;2*1H4;1H3;2*1H2;4*1H3;;;;/q;;;-1;;;;;-1;;;;;;;;;/i;;;;;;;;;;2*1T;;;;;;/hT2. The van der Waals surface area contributed by atoms with Gasteiger partial charge in [0.25, 0.3) is 1.43 Å². The van der Waals surface area contributed by atoms with Crippen LogP contribution in [0.2, 0.25) is 6.04 Å². The predicted octanol–water partition coefficient (Wildman–Crippen LogP) is 3.51. The summed E-state index contributed by atoms with van der Waals surface area (Å²) in [5.41, 5.74) is 17.4. The zero-order valence-corrected chi connectivity index (χ0v) is 47.9. The molecule has 0 spiro atoms. The summed E-state index contributed by atoms with van der Waals surface area (Å²) in [4.78, 5) is 9.07. The Hall–Kier alpha value is 4.97.